The van der Waals surface area contributed by atoms with Crippen molar-refractivity contribution in [3.63, 3.8) is 0 Å². The SMILES string of the molecule is CCCCC#CC(=NC1CCCCC1)N(C(=O)CC)C1CCCCC1. The van der Waals surface area contributed by atoms with Gasteiger partial charge in [0.2, 0.25) is 5.91 Å². The van der Waals surface area contributed by atoms with Crippen LogP contribution in [0.3, 0.4) is 0 Å². The molecule has 0 aliphatic heterocycles. The molecule has 0 heterocycles. The summed E-state index contributed by atoms with van der Waals surface area (Å²) in [7, 11) is 0. The highest BCUT2D eigenvalue weighted by Gasteiger charge is 2.28. The number of unbranched alkanes of at least 4 members (excludes halogenated alkanes) is 2. The van der Waals surface area contributed by atoms with Crippen LogP contribution in [-0.2, 0) is 4.79 Å². The van der Waals surface area contributed by atoms with Crippen LogP contribution in [-0.4, -0.2) is 28.7 Å². The maximum atomic E-state index is 12.8. The summed E-state index contributed by atoms with van der Waals surface area (Å²) >= 11 is 0. The fourth-order valence-corrected chi connectivity index (χ4v) is 3.95. The van der Waals surface area contributed by atoms with Gasteiger partial charge in [0.05, 0.1) is 6.04 Å². The quantitative estimate of drug-likeness (QED) is 0.281. The maximum Gasteiger partial charge on any atom is 0.228 e. The van der Waals surface area contributed by atoms with Gasteiger partial charge in [-0.2, -0.15) is 0 Å². The van der Waals surface area contributed by atoms with E-state index in [1.807, 2.05) is 11.8 Å². The molecule has 2 aliphatic carbocycles. The predicted octanol–water partition coefficient (Wildman–Crippen LogP) is 5.48. The van der Waals surface area contributed by atoms with Gasteiger partial charge < -0.3 is 0 Å². The van der Waals surface area contributed by atoms with E-state index in [0.717, 1.165) is 50.8 Å². The van der Waals surface area contributed by atoms with Crippen molar-refractivity contribution in [2.24, 2.45) is 4.99 Å². The number of rotatable bonds is 5. The number of hydrogen-bond acceptors (Lipinski definition) is 2. The predicted molar refractivity (Wildman–Crippen MR) is 106 cm³/mol. The van der Waals surface area contributed by atoms with Crippen molar-refractivity contribution < 1.29 is 4.79 Å². The van der Waals surface area contributed by atoms with Crippen LogP contribution in [0, 0.1) is 11.8 Å². The van der Waals surface area contributed by atoms with Gasteiger partial charge >= 0.3 is 0 Å². The largest absolute Gasteiger partial charge is 0.287 e. The minimum atomic E-state index is 0.200. The third-order valence-electron chi connectivity index (χ3n) is 5.47. The Bertz CT molecular complexity index is 488. The average molecular weight is 345 g/mol. The second-order valence-corrected chi connectivity index (χ2v) is 7.56. The monoisotopic (exact) mass is 344 g/mol. The molecule has 0 aromatic heterocycles. The molecule has 0 saturated heterocycles. The summed E-state index contributed by atoms with van der Waals surface area (Å²) in [5.41, 5.74) is 0. The summed E-state index contributed by atoms with van der Waals surface area (Å²) in [5.74, 6) is 7.60. The van der Waals surface area contributed by atoms with Gasteiger partial charge in [-0.05, 0) is 38.0 Å². The fourth-order valence-electron chi connectivity index (χ4n) is 3.95. The third-order valence-corrected chi connectivity index (χ3v) is 5.47. The van der Waals surface area contributed by atoms with Crippen LogP contribution in [0.15, 0.2) is 4.99 Å². The normalized spacial score (nSPS) is 20.0. The maximum absolute atomic E-state index is 12.8. The van der Waals surface area contributed by atoms with Crippen LogP contribution in [0.25, 0.3) is 0 Å². The van der Waals surface area contributed by atoms with Gasteiger partial charge in [-0.1, -0.05) is 64.7 Å². The van der Waals surface area contributed by atoms with Crippen molar-refractivity contribution >= 4 is 11.7 Å². The Kier molecular flexibility index (Phi) is 9.08. The summed E-state index contributed by atoms with van der Waals surface area (Å²) in [6.45, 7) is 4.15. The van der Waals surface area contributed by atoms with Gasteiger partial charge in [0.25, 0.3) is 0 Å². The zero-order valence-corrected chi connectivity index (χ0v) is 16.4. The number of amides is 1. The van der Waals surface area contributed by atoms with Crippen LogP contribution in [0.4, 0.5) is 0 Å². The molecule has 25 heavy (non-hydrogen) atoms. The second kappa shape index (κ2) is 11.3. The molecular formula is C22H36N2O. The Balaban J connectivity index is 2.24. The summed E-state index contributed by atoms with van der Waals surface area (Å²) < 4.78 is 0. The second-order valence-electron chi connectivity index (χ2n) is 7.56. The van der Waals surface area contributed by atoms with E-state index in [0.29, 0.717) is 18.5 Å². The molecule has 3 heteroatoms. The van der Waals surface area contributed by atoms with Gasteiger partial charge in [0.1, 0.15) is 0 Å². The first kappa shape index (κ1) is 20.0. The van der Waals surface area contributed by atoms with E-state index in [4.69, 9.17) is 4.99 Å². The number of hydrogen-bond donors (Lipinski definition) is 0. The number of aliphatic imine (C=N–C) groups is 1. The van der Waals surface area contributed by atoms with Crippen LogP contribution >= 0.6 is 0 Å². The minimum Gasteiger partial charge on any atom is -0.287 e. The molecule has 0 aromatic carbocycles. The highest BCUT2D eigenvalue weighted by atomic mass is 16.2. The molecule has 140 valence electrons. The van der Waals surface area contributed by atoms with E-state index < -0.39 is 0 Å². The number of carbonyl (C=O) groups excluding carboxylic acids is 1. The van der Waals surface area contributed by atoms with E-state index in [1.54, 1.807) is 0 Å². The van der Waals surface area contributed by atoms with Gasteiger partial charge in [-0.15, -0.1) is 0 Å². The molecular weight excluding hydrogens is 308 g/mol. The first-order valence-electron chi connectivity index (χ1n) is 10.6. The van der Waals surface area contributed by atoms with Crippen LogP contribution < -0.4 is 0 Å². The molecule has 2 aliphatic rings. The van der Waals surface area contributed by atoms with Crippen molar-refractivity contribution in [2.75, 3.05) is 0 Å². The van der Waals surface area contributed by atoms with E-state index in [1.165, 1.54) is 38.5 Å². The first-order valence-corrected chi connectivity index (χ1v) is 10.6. The molecule has 1 amide bonds. The Labute approximate surface area is 154 Å². The molecule has 0 radical (unpaired) electrons. The minimum absolute atomic E-state index is 0.200. The summed E-state index contributed by atoms with van der Waals surface area (Å²) in [6, 6.07) is 0.670. The molecule has 0 unspecified atom stereocenters. The molecule has 2 fully saturated rings. The molecule has 2 saturated carbocycles. The molecule has 3 nitrogen and oxygen atoms in total. The molecule has 0 bridgehead atoms. The lowest BCUT2D eigenvalue weighted by Crippen LogP contribution is -2.45. The lowest BCUT2D eigenvalue weighted by atomic mass is 9.93. The number of amidine groups is 1. The Morgan fingerprint density at radius 2 is 1.64 bits per heavy atom. The van der Waals surface area contributed by atoms with Crippen LogP contribution in [0.5, 0.6) is 0 Å². The van der Waals surface area contributed by atoms with Crippen LogP contribution in [0.2, 0.25) is 0 Å². The lowest BCUT2D eigenvalue weighted by Gasteiger charge is -2.34. The highest BCUT2D eigenvalue weighted by molar-refractivity contribution is 6.08. The lowest BCUT2D eigenvalue weighted by molar-refractivity contribution is -0.129. The van der Waals surface area contributed by atoms with Gasteiger partial charge in [0.15, 0.2) is 5.84 Å². The van der Waals surface area contributed by atoms with Crippen molar-refractivity contribution in [2.45, 2.75) is 116 Å². The standard InChI is InChI=1S/C22H36N2O/c1-3-5-6-13-18-21(23-19-14-9-7-10-15-19)24(22(25)4-2)20-16-11-8-12-17-20/h19-20H,3-12,14-17H2,1-2H3. The Morgan fingerprint density at radius 1 is 1.00 bits per heavy atom. The molecule has 0 spiro atoms. The van der Waals surface area contributed by atoms with Crippen molar-refractivity contribution in [3.8, 4) is 11.8 Å². The number of nitrogens with zero attached hydrogens (tertiary/aromatic N) is 2. The third kappa shape index (κ3) is 6.49. The zero-order valence-electron chi connectivity index (χ0n) is 16.4. The summed E-state index contributed by atoms with van der Waals surface area (Å²) in [5, 5.41) is 0. The Hall–Kier alpha value is -1.30. The van der Waals surface area contributed by atoms with Gasteiger partial charge in [0, 0.05) is 18.9 Å². The average Bonchev–Trinajstić information content (AvgIpc) is 2.66. The van der Waals surface area contributed by atoms with Crippen LogP contribution in [0.1, 0.15) is 104 Å². The fraction of sp³-hybridized carbons (Fsp3) is 0.818. The molecule has 0 aromatic rings. The molecule has 0 N–H and O–H groups in total. The molecule has 0 atom stereocenters. The smallest absolute Gasteiger partial charge is 0.228 e. The topological polar surface area (TPSA) is 32.7 Å². The van der Waals surface area contributed by atoms with E-state index >= 15 is 0 Å². The Morgan fingerprint density at radius 3 is 2.24 bits per heavy atom. The van der Waals surface area contributed by atoms with Crippen molar-refractivity contribution in [1.82, 2.24) is 4.90 Å². The summed E-state index contributed by atoms with van der Waals surface area (Å²) in [6.07, 6.45) is 15.8. The van der Waals surface area contributed by atoms with Crippen molar-refractivity contribution in [1.29, 1.82) is 0 Å². The van der Waals surface area contributed by atoms with Gasteiger partial charge in [-0.25, -0.2) is 0 Å². The van der Waals surface area contributed by atoms with E-state index in [-0.39, 0.29) is 5.91 Å². The summed E-state index contributed by atoms with van der Waals surface area (Å²) in [4.78, 5) is 19.8. The van der Waals surface area contributed by atoms with E-state index in [2.05, 4.69) is 18.8 Å². The first-order chi connectivity index (χ1) is 12.3. The highest BCUT2D eigenvalue weighted by Crippen LogP contribution is 2.25. The zero-order chi connectivity index (χ0) is 17.9. The van der Waals surface area contributed by atoms with Gasteiger partial charge in [-0.3, -0.25) is 14.7 Å². The number of carbonyl (C=O) groups is 1. The van der Waals surface area contributed by atoms with E-state index in [9.17, 15) is 4.79 Å². The molecule has 2 rings (SSSR count). The van der Waals surface area contributed by atoms with Crippen molar-refractivity contribution in [3.05, 3.63) is 0 Å².